The van der Waals surface area contributed by atoms with Gasteiger partial charge in [-0.2, -0.15) is 0 Å². The van der Waals surface area contributed by atoms with Crippen molar-refractivity contribution in [2.75, 3.05) is 5.32 Å². The van der Waals surface area contributed by atoms with Crippen LogP contribution in [-0.4, -0.2) is 11.0 Å². The van der Waals surface area contributed by atoms with Crippen LogP contribution in [-0.2, 0) is 0 Å². The fourth-order valence-electron chi connectivity index (χ4n) is 0.973. The van der Waals surface area contributed by atoms with Crippen LogP contribution in [0, 0.1) is 6.92 Å². The molecule has 0 amide bonds. The highest BCUT2D eigenvalue weighted by Gasteiger charge is 2.01. The molecular weight excluding hydrogens is 228 g/mol. The molecule has 72 valence electrons. The molecule has 0 spiro atoms. The van der Waals surface area contributed by atoms with Crippen molar-refractivity contribution in [3.05, 3.63) is 22.3 Å². The lowest BCUT2D eigenvalue weighted by Crippen LogP contribution is -2.14. The second-order valence-electron chi connectivity index (χ2n) is 3.27. The Hall–Kier alpha value is -0.570. The Morgan fingerprint density at radius 3 is 2.85 bits per heavy atom. The Kier molecular flexibility index (Phi) is 3.72. The minimum atomic E-state index is 0.480. The molecule has 0 aliphatic rings. The highest BCUT2D eigenvalue weighted by Crippen LogP contribution is 2.17. The molecule has 1 N–H and O–H groups in total. The molecule has 1 unspecified atom stereocenters. The van der Waals surface area contributed by atoms with Crippen LogP contribution in [0.3, 0.4) is 0 Å². The van der Waals surface area contributed by atoms with Gasteiger partial charge in [0.15, 0.2) is 0 Å². The first-order valence-electron chi connectivity index (χ1n) is 4.52. The predicted octanol–water partition coefficient (Wildman–Crippen LogP) is 3.36. The minimum Gasteiger partial charge on any atom is -0.368 e. The zero-order chi connectivity index (χ0) is 9.84. The summed E-state index contributed by atoms with van der Waals surface area (Å²) in [5.41, 5.74) is 1.21. The van der Waals surface area contributed by atoms with E-state index < -0.39 is 0 Å². The van der Waals surface area contributed by atoms with Gasteiger partial charge >= 0.3 is 0 Å². The number of anilines is 1. The van der Waals surface area contributed by atoms with Crippen molar-refractivity contribution < 1.29 is 0 Å². The molecule has 0 aliphatic carbocycles. The summed E-state index contributed by atoms with van der Waals surface area (Å²) in [5.74, 6) is 0.954. The summed E-state index contributed by atoms with van der Waals surface area (Å²) in [6.45, 7) is 6.37. The molecule has 0 aliphatic heterocycles. The number of aromatic nitrogens is 1. The molecule has 1 aromatic heterocycles. The van der Waals surface area contributed by atoms with E-state index in [2.05, 4.69) is 53.1 Å². The van der Waals surface area contributed by atoms with E-state index in [4.69, 9.17) is 0 Å². The lowest BCUT2D eigenvalue weighted by molar-refractivity contribution is 0.759. The van der Waals surface area contributed by atoms with Crippen LogP contribution in [0.4, 0.5) is 5.82 Å². The van der Waals surface area contributed by atoms with E-state index in [0.717, 1.165) is 16.7 Å². The molecule has 0 aromatic carbocycles. The lowest BCUT2D eigenvalue weighted by Gasteiger charge is -2.12. The fourth-order valence-corrected chi connectivity index (χ4v) is 1.19. The van der Waals surface area contributed by atoms with E-state index in [9.17, 15) is 0 Å². The molecule has 0 saturated carbocycles. The molecule has 1 rings (SSSR count). The summed E-state index contributed by atoms with van der Waals surface area (Å²) in [4.78, 5) is 4.27. The summed E-state index contributed by atoms with van der Waals surface area (Å²) in [7, 11) is 0. The van der Waals surface area contributed by atoms with Gasteiger partial charge in [-0.25, -0.2) is 4.98 Å². The second kappa shape index (κ2) is 4.61. The zero-order valence-corrected chi connectivity index (χ0v) is 9.85. The summed E-state index contributed by atoms with van der Waals surface area (Å²) in [6, 6.07) is 2.53. The average Bonchev–Trinajstić information content (AvgIpc) is 2.11. The van der Waals surface area contributed by atoms with E-state index in [1.807, 2.05) is 6.20 Å². The Bertz CT molecular complexity index is 286. The van der Waals surface area contributed by atoms with Crippen LogP contribution >= 0.6 is 15.9 Å². The van der Waals surface area contributed by atoms with E-state index >= 15 is 0 Å². The topological polar surface area (TPSA) is 24.9 Å². The molecule has 0 fully saturated rings. The largest absolute Gasteiger partial charge is 0.368 e. The van der Waals surface area contributed by atoms with Crippen molar-refractivity contribution in [3.63, 3.8) is 0 Å². The van der Waals surface area contributed by atoms with Crippen LogP contribution in [0.1, 0.15) is 25.8 Å². The molecule has 0 radical (unpaired) electrons. The van der Waals surface area contributed by atoms with Crippen LogP contribution in [0.2, 0.25) is 0 Å². The van der Waals surface area contributed by atoms with Crippen LogP contribution in [0.15, 0.2) is 16.7 Å². The Labute approximate surface area is 87.9 Å². The molecule has 0 saturated heterocycles. The van der Waals surface area contributed by atoms with E-state index in [0.29, 0.717) is 6.04 Å². The zero-order valence-electron chi connectivity index (χ0n) is 8.26. The number of pyridine rings is 1. The third-order valence-electron chi connectivity index (χ3n) is 2.05. The number of nitrogens with zero attached hydrogens (tertiary/aromatic N) is 1. The standard InChI is InChI=1S/C10H15BrN2/c1-4-8(3)13-10-5-7(2)9(11)6-12-10/h5-6,8H,4H2,1-3H3,(H,12,13). The number of halogens is 1. The minimum absolute atomic E-state index is 0.480. The van der Waals surface area contributed by atoms with Crippen LogP contribution in [0.25, 0.3) is 0 Å². The van der Waals surface area contributed by atoms with Crippen LogP contribution in [0.5, 0.6) is 0 Å². The maximum absolute atomic E-state index is 4.27. The average molecular weight is 243 g/mol. The molecular formula is C10H15BrN2. The van der Waals surface area contributed by atoms with E-state index in [1.54, 1.807) is 0 Å². The van der Waals surface area contributed by atoms with Crippen molar-refractivity contribution in [2.45, 2.75) is 33.2 Å². The number of hydrogen-bond acceptors (Lipinski definition) is 2. The first-order valence-corrected chi connectivity index (χ1v) is 5.31. The van der Waals surface area contributed by atoms with E-state index in [-0.39, 0.29) is 0 Å². The third-order valence-corrected chi connectivity index (χ3v) is 2.88. The SMILES string of the molecule is CCC(C)Nc1cc(C)c(Br)cn1. The van der Waals surface area contributed by atoms with Gasteiger partial charge in [0, 0.05) is 16.7 Å². The molecule has 1 heterocycles. The first-order chi connectivity index (χ1) is 6.13. The van der Waals surface area contributed by atoms with Crippen molar-refractivity contribution in [3.8, 4) is 0 Å². The molecule has 13 heavy (non-hydrogen) atoms. The smallest absolute Gasteiger partial charge is 0.126 e. The maximum Gasteiger partial charge on any atom is 0.126 e. The van der Waals surface area contributed by atoms with E-state index in [1.165, 1.54) is 5.56 Å². The molecule has 0 bridgehead atoms. The second-order valence-corrected chi connectivity index (χ2v) is 4.13. The van der Waals surface area contributed by atoms with Gasteiger partial charge in [0.1, 0.15) is 5.82 Å². The number of nitrogens with one attached hydrogen (secondary N) is 1. The van der Waals surface area contributed by atoms with Gasteiger partial charge in [0.25, 0.3) is 0 Å². The quantitative estimate of drug-likeness (QED) is 0.880. The first kappa shape index (κ1) is 10.5. The molecule has 1 atom stereocenters. The lowest BCUT2D eigenvalue weighted by atomic mass is 10.2. The van der Waals surface area contributed by atoms with Gasteiger partial charge in [-0.15, -0.1) is 0 Å². The summed E-state index contributed by atoms with van der Waals surface area (Å²) in [6.07, 6.45) is 2.94. The Morgan fingerprint density at radius 1 is 1.62 bits per heavy atom. The van der Waals surface area contributed by atoms with Gasteiger partial charge in [-0.3, -0.25) is 0 Å². The Balaban J connectivity index is 2.73. The summed E-state index contributed by atoms with van der Waals surface area (Å²) < 4.78 is 1.06. The molecule has 3 heteroatoms. The predicted molar refractivity (Wildman–Crippen MR) is 60.0 cm³/mol. The maximum atomic E-state index is 4.27. The number of rotatable bonds is 3. The normalized spacial score (nSPS) is 12.6. The van der Waals surface area contributed by atoms with Gasteiger partial charge in [0.05, 0.1) is 0 Å². The summed E-state index contributed by atoms with van der Waals surface area (Å²) >= 11 is 3.42. The van der Waals surface area contributed by atoms with Crippen molar-refractivity contribution in [1.82, 2.24) is 4.98 Å². The highest BCUT2D eigenvalue weighted by atomic mass is 79.9. The van der Waals surface area contributed by atoms with Crippen molar-refractivity contribution in [2.24, 2.45) is 0 Å². The van der Waals surface area contributed by atoms with Gasteiger partial charge < -0.3 is 5.32 Å². The number of hydrogen-bond donors (Lipinski definition) is 1. The van der Waals surface area contributed by atoms with Gasteiger partial charge in [-0.05, 0) is 47.8 Å². The highest BCUT2D eigenvalue weighted by molar-refractivity contribution is 9.10. The fraction of sp³-hybridized carbons (Fsp3) is 0.500. The number of aryl methyl sites for hydroxylation is 1. The summed E-state index contributed by atoms with van der Waals surface area (Å²) in [5, 5.41) is 3.33. The van der Waals surface area contributed by atoms with Crippen molar-refractivity contribution in [1.29, 1.82) is 0 Å². The van der Waals surface area contributed by atoms with Crippen LogP contribution < -0.4 is 5.32 Å². The monoisotopic (exact) mass is 242 g/mol. The molecule has 1 aromatic rings. The van der Waals surface area contributed by atoms with Crippen molar-refractivity contribution >= 4 is 21.7 Å². The van der Waals surface area contributed by atoms with Gasteiger partial charge in [-0.1, -0.05) is 6.92 Å². The third kappa shape index (κ3) is 2.99. The molecule has 2 nitrogen and oxygen atoms in total. The van der Waals surface area contributed by atoms with Gasteiger partial charge in [0.2, 0.25) is 0 Å². The Morgan fingerprint density at radius 2 is 2.31 bits per heavy atom.